The van der Waals surface area contributed by atoms with Gasteiger partial charge in [0.25, 0.3) is 0 Å². The molecule has 0 aliphatic heterocycles. The van der Waals surface area contributed by atoms with Crippen LogP contribution in [0.15, 0.2) is 82.0 Å². The molecular formula is C26H22O5. The minimum absolute atomic E-state index is 0.00128. The van der Waals surface area contributed by atoms with Crippen LogP contribution >= 0.6 is 0 Å². The molecule has 0 unspecified atom stereocenters. The molecule has 0 fully saturated rings. The predicted octanol–water partition coefficient (Wildman–Crippen LogP) is 5.20. The smallest absolute Gasteiger partial charge is 0.344 e. The zero-order chi connectivity index (χ0) is 21.8. The number of carbonyl (C=O) groups excluding carboxylic acids is 1. The van der Waals surface area contributed by atoms with Crippen LogP contribution < -0.4 is 10.2 Å². The lowest BCUT2D eigenvalue weighted by molar-refractivity contribution is -0.147. The molecule has 0 aliphatic rings. The Hall–Kier alpha value is -3.86. The molecule has 4 rings (SSSR count). The topological polar surface area (TPSA) is 65.7 Å². The van der Waals surface area contributed by atoms with Gasteiger partial charge in [0.15, 0.2) is 12.4 Å². The summed E-state index contributed by atoms with van der Waals surface area (Å²) in [6.45, 7) is 3.62. The van der Waals surface area contributed by atoms with Crippen molar-refractivity contribution < 1.29 is 18.7 Å². The van der Waals surface area contributed by atoms with Crippen molar-refractivity contribution in [1.82, 2.24) is 0 Å². The van der Waals surface area contributed by atoms with Crippen LogP contribution in [0.25, 0.3) is 22.3 Å². The molecule has 1 heterocycles. The molecule has 0 aliphatic carbocycles. The van der Waals surface area contributed by atoms with Gasteiger partial charge in [-0.1, -0.05) is 71.8 Å². The molecule has 0 atom stereocenters. The second-order valence-electron chi connectivity index (χ2n) is 7.39. The monoisotopic (exact) mass is 414 g/mol. The third-order valence-electron chi connectivity index (χ3n) is 4.89. The summed E-state index contributed by atoms with van der Waals surface area (Å²) in [5.41, 5.74) is 3.71. The fourth-order valence-corrected chi connectivity index (χ4v) is 3.23. The fraction of sp³-hybridized carbons (Fsp3) is 0.154. The summed E-state index contributed by atoms with van der Waals surface area (Å²) in [6, 6.07) is 22.3. The number of benzene rings is 3. The number of hydrogen-bond donors (Lipinski definition) is 0. The van der Waals surface area contributed by atoms with E-state index in [4.69, 9.17) is 13.9 Å². The van der Waals surface area contributed by atoms with Crippen LogP contribution in [0.1, 0.15) is 16.7 Å². The number of rotatable bonds is 6. The number of fused-ring (bicyclic) bond motifs is 1. The van der Waals surface area contributed by atoms with Gasteiger partial charge in [-0.15, -0.1) is 0 Å². The van der Waals surface area contributed by atoms with Crippen molar-refractivity contribution in [3.05, 3.63) is 99.7 Å². The lowest BCUT2D eigenvalue weighted by Gasteiger charge is -2.12. The van der Waals surface area contributed by atoms with Gasteiger partial charge < -0.3 is 13.9 Å². The number of ether oxygens (including phenoxy) is 2. The van der Waals surface area contributed by atoms with E-state index in [9.17, 15) is 9.59 Å². The van der Waals surface area contributed by atoms with Crippen molar-refractivity contribution in [2.24, 2.45) is 0 Å². The molecule has 0 amide bonds. The second-order valence-corrected chi connectivity index (χ2v) is 7.39. The van der Waals surface area contributed by atoms with E-state index in [1.54, 1.807) is 12.1 Å². The van der Waals surface area contributed by atoms with E-state index < -0.39 is 12.6 Å². The van der Waals surface area contributed by atoms with Crippen LogP contribution in [0.5, 0.6) is 5.75 Å². The Bertz CT molecular complexity index is 1270. The van der Waals surface area contributed by atoms with Crippen molar-refractivity contribution in [2.75, 3.05) is 6.61 Å². The lowest BCUT2D eigenvalue weighted by Crippen LogP contribution is -2.19. The zero-order valence-corrected chi connectivity index (χ0v) is 17.4. The average molecular weight is 414 g/mol. The van der Waals surface area contributed by atoms with Crippen molar-refractivity contribution in [3.8, 4) is 17.1 Å². The fourth-order valence-electron chi connectivity index (χ4n) is 3.23. The third kappa shape index (κ3) is 4.67. The summed E-state index contributed by atoms with van der Waals surface area (Å²) in [4.78, 5) is 25.4. The van der Waals surface area contributed by atoms with Crippen LogP contribution in [-0.4, -0.2) is 12.6 Å². The largest absolute Gasteiger partial charge is 0.474 e. The van der Waals surface area contributed by atoms with Gasteiger partial charge in [-0.3, -0.25) is 4.79 Å². The number of aryl methyl sites for hydroxylation is 2. The normalized spacial score (nSPS) is 10.8. The minimum Gasteiger partial charge on any atom is -0.474 e. The average Bonchev–Trinajstić information content (AvgIpc) is 2.78. The molecule has 156 valence electrons. The Labute approximate surface area is 179 Å². The standard InChI is InChI=1S/C26H22O5/c1-17-8-11-20(12-9-17)25-26(24(28)21-14-18(2)10-13-22(21)31-25)30-16-23(27)29-15-19-6-4-3-5-7-19/h3-14H,15-16H2,1-2H3. The van der Waals surface area contributed by atoms with Gasteiger partial charge in [-0.25, -0.2) is 4.79 Å². The van der Waals surface area contributed by atoms with Gasteiger partial charge in [0.2, 0.25) is 11.2 Å². The minimum atomic E-state index is -0.567. The van der Waals surface area contributed by atoms with Crippen molar-refractivity contribution in [1.29, 1.82) is 0 Å². The summed E-state index contributed by atoms with van der Waals surface area (Å²) in [6.07, 6.45) is 0. The third-order valence-corrected chi connectivity index (χ3v) is 4.89. The second kappa shape index (κ2) is 8.88. The Morgan fingerprint density at radius 1 is 0.903 bits per heavy atom. The van der Waals surface area contributed by atoms with Crippen LogP contribution in [0.4, 0.5) is 0 Å². The highest BCUT2D eigenvalue weighted by Crippen LogP contribution is 2.31. The highest BCUT2D eigenvalue weighted by Gasteiger charge is 2.19. The Morgan fingerprint density at radius 3 is 2.35 bits per heavy atom. The molecule has 5 nitrogen and oxygen atoms in total. The number of hydrogen-bond acceptors (Lipinski definition) is 5. The Kier molecular flexibility index (Phi) is 5.85. The van der Waals surface area contributed by atoms with Gasteiger partial charge in [-0.05, 0) is 31.5 Å². The van der Waals surface area contributed by atoms with E-state index >= 15 is 0 Å². The van der Waals surface area contributed by atoms with Crippen LogP contribution in [0.2, 0.25) is 0 Å². The summed E-state index contributed by atoms with van der Waals surface area (Å²) in [5, 5.41) is 0.406. The van der Waals surface area contributed by atoms with E-state index in [0.29, 0.717) is 16.5 Å². The van der Waals surface area contributed by atoms with Crippen LogP contribution in [0.3, 0.4) is 0 Å². The maximum Gasteiger partial charge on any atom is 0.344 e. The maximum atomic E-state index is 13.2. The summed E-state index contributed by atoms with van der Waals surface area (Å²) in [5.74, 6) is -0.279. The molecule has 5 heteroatoms. The summed E-state index contributed by atoms with van der Waals surface area (Å²) < 4.78 is 17.0. The van der Waals surface area contributed by atoms with Crippen LogP contribution in [0, 0.1) is 13.8 Å². The molecule has 4 aromatic rings. The van der Waals surface area contributed by atoms with Gasteiger partial charge in [0.05, 0.1) is 5.39 Å². The highest BCUT2D eigenvalue weighted by molar-refractivity contribution is 5.83. The van der Waals surface area contributed by atoms with Gasteiger partial charge in [-0.2, -0.15) is 0 Å². The van der Waals surface area contributed by atoms with Crippen molar-refractivity contribution in [2.45, 2.75) is 20.5 Å². The van der Waals surface area contributed by atoms with E-state index in [1.165, 1.54) is 0 Å². The molecule has 0 saturated carbocycles. The quantitative estimate of drug-likeness (QED) is 0.406. The van der Waals surface area contributed by atoms with Gasteiger partial charge in [0, 0.05) is 5.56 Å². The maximum absolute atomic E-state index is 13.2. The highest BCUT2D eigenvalue weighted by atomic mass is 16.6. The molecule has 0 radical (unpaired) electrons. The molecule has 0 saturated heterocycles. The van der Waals surface area contributed by atoms with E-state index in [1.807, 2.05) is 74.5 Å². The molecule has 3 aromatic carbocycles. The van der Waals surface area contributed by atoms with E-state index in [-0.39, 0.29) is 23.5 Å². The molecule has 1 aromatic heterocycles. The SMILES string of the molecule is Cc1ccc(-c2oc3ccc(C)cc3c(=O)c2OCC(=O)OCc2ccccc2)cc1. The zero-order valence-electron chi connectivity index (χ0n) is 17.4. The van der Waals surface area contributed by atoms with Gasteiger partial charge in [0.1, 0.15) is 12.2 Å². The van der Waals surface area contributed by atoms with Crippen molar-refractivity contribution >= 4 is 16.9 Å². The molecule has 0 bridgehead atoms. The van der Waals surface area contributed by atoms with E-state index in [2.05, 4.69) is 0 Å². The molecule has 31 heavy (non-hydrogen) atoms. The molecular weight excluding hydrogens is 392 g/mol. The predicted molar refractivity (Wildman–Crippen MR) is 119 cm³/mol. The van der Waals surface area contributed by atoms with Crippen LogP contribution in [-0.2, 0) is 16.1 Å². The summed E-state index contributed by atoms with van der Waals surface area (Å²) >= 11 is 0. The number of esters is 1. The van der Waals surface area contributed by atoms with E-state index in [0.717, 1.165) is 16.7 Å². The number of carbonyl (C=O) groups is 1. The molecule has 0 N–H and O–H groups in total. The lowest BCUT2D eigenvalue weighted by atomic mass is 10.1. The molecule has 0 spiro atoms. The first-order chi connectivity index (χ1) is 15.0. The first-order valence-electron chi connectivity index (χ1n) is 9.98. The summed E-state index contributed by atoms with van der Waals surface area (Å²) in [7, 11) is 0. The van der Waals surface area contributed by atoms with Crippen molar-refractivity contribution in [3.63, 3.8) is 0 Å². The first-order valence-corrected chi connectivity index (χ1v) is 9.98. The Balaban J connectivity index is 1.63. The Morgan fingerprint density at radius 2 is 1.61 bits per heavy atom. The van der Waals surface area contributed by atoms with Gasteiger partial charge >= 0.3 is 5.97 Å². The first kappa shape index (κ1) is 20.4.